The Morgan fingerprint density at radius 3 is 2.70 bits per heavy atom. The third-order valence-electron chi connectivity index (χ3n) is 6.76. The molecular weight excluding hydrogens is 543 g/mol. The van der Waals surface area contributed by atoms with E-state index in [2.05, 4.69) is 10.6 Å². The molecule has 0 bridgehead atoms. The number of hydrogen-bond donors (Lipinski definition) is 2. The SMILES string of the molecule is Cc1c(C(=O)N[C@H](CC(C)C)C(=O)N[C@H]2CCCN(S(=O)(=O)c3cccc[n+]3[O-])CC2=O)oc2ccc(F)cc12. The van der Waals surface area contributed by atoms with Gasteiger partial charge in [-0.2, -0.15) is 9.04 Å². The lowest BCUT2D eigenvalue weighted by molar-refractivity contribution is -0.646. The Hall–Kier alpha value is -3.84. The van der Waals surface area contributed by atoms with Crippen molar-refractivity contribution in [2.75, 3.05) is 13.1 Å². The molecule has 0 aliphatic carbocycles. The number of aromatic nitrogens is 1. The van der Waals surface area contributed by atoms with E-state index in [1.807, 2.05) is 13.8 Å². The number of furan rings is 1. The lowest BCUT2D eigenvalue weighted by atomic mass is 10.0. The second kappa shape index (κ2) is 11.7. The van der Waals surface area contributed by atoms with Crippen LogP contribution in [0.3, 0.4) is 0 Å². The van der Waals surface area contributed by atoms with E-state index in [0.29, 0.717) is 16.5 Å². The van der Waals surface area contributed by atoms with Gasteiger partial charge in [-0.05, 0) is 56.4 Å². The minimum absolute atomic E-state index is 0.00274. The van der Waals surface area contributed by atoms with Gasteiger partial charge in [0.15, 0.2) is 17.7 Å². The third kappa shape index (κ3) is 6.15. The summed E-state index contributed by atoms with van der Waals surface area (Å²) in [5.74, 6) is -2.32. The third-order valence-corrected chi connectivity index (χ3v) is 8.60. The molecule has 0 radical (unpaired) electrons. The molecule has 11 nitrogen and oxygen atoms in total. The number of rotatable bonds is 8. The molecule has 2 atom stereocenters. The predicted octanol–water partition coefficient (Wildman–Crippen LogP) is 2.20. The largest absolute Gasteiger partial charge is 0.618 e. The van der Waals surface area contributed by atoms with Gasteiger partial charge in [0, 0.05) is 29.6 Å². The number of carbonyl (C=O) groups is 3. The number of pyridine rings is 1. The molecule has 1 aliphatic rings. The number of sulfonamides is 1. The Morgan fingerprint density at radius 2 is 2.00 bits per heavy atom. The first-order valence-electron chi connectivity index (χ1n) is 12.9. The molecule has 214 valence electrons. The van der Waals surface area contributed by atoms with E-state index in [4.69, 9.17) is 4.42 Å². The molecule has 2 amide bonds. The monoisotopic (exact) mass is 574 g/mol. The predicted molar refractivity (Wildman–Crippen MR) is 142 cm³/mol. The second-order valence-electron chi connectivity index (χ2n) is 10.2. The highest BCUT2D eigenvalue weighted by Crippen LogP contribution is 2.26. The summed E-state index contributed by atoms with van der Waals surface area (Å²) >= 11 is 0. The van der Waals surface area contributed by atoms with Crippen molar-refractivity contribution < 1.29 is 36.3 Å². The molecule has 1 fully saturated rings. The number of carbonyl (C=O) groups excluding carboxylic acids is 3. The van der Waals surface area contributed by atoms with Crippen molar-refractivity contribution in [2.45, 2.75) is 57.1 Å². The van der Waals surface area contributed by atoms with Crippen LogP contribution < -0.4 is 15.4 Å². The van der Waals surface area contributed by atoms with Crippen LogP contribution in [0.1, 0.15) is 49.2 Å². The maximum absolute atomic E-state index is 13.7. The summed E-state index contributed by atoms with van der Waals surface area (Å²) in [6.07, 6.45) is 1.76. The van der Waals surface area contributed by atoms with Crippen LogP contribution in [0, 0.1) is 23.9 Å². The van der Waals surface area contributed by atoms with Crippen LogP contribution in [0.2, 0.25) is 0 Å². The van der Waals surface area contributed by atoms with Gasteiger partial charge in [0.05, 0.1) is 12.6 Å². The summed E-state index contributed by atoms with van der Waals surface area (Å²) in [4.78, 5) is 39.4. The minimum atomic E-state index is -4.24. The van der Waals surface area contributed by atoms with Crippen molar-refractivity contribution in [3.05, 3.63) is 64.9 Å². The fourth-order valence-electron chi connectivity index (χ4n) is 4.71. The molecule has 0 spiro atoms. The Balaban J connectivity index is 1.48. The van der Waals surface area contributed by atoms with Crippen molar-refractivity contribution >= 4 is 38.6 Å². The number of nitrogens with one attached hydrogen (secondary N) is 2. The van der Waals surface area contributed by atoms with Crippen LogP contribution in [0.4, 0.5) is 4.39 Å². The molecule has 2 N–H and O–H groups in total. The number of benzene rings is 1. The second-order valence-corrected chi connectivity index (χ2v) is 12.1. The van der Waals surface area contributed by atoms with E-state index in [9.17, 15) is 32.4 Å². The zero-order chi connectivity index (χ0) is 29.2. The quantitative estimate of drug-likeness (QED) is 0.309. The number of halogens is 1. The number of hydrogen-bond acceptors (Lipinski definition) is 7. The fourth-order valence-corrected chi connectivity index (χ4v) is 6.18. The van der Waals surface area contributed by atoms with Crippen molar-refractivity contribution in [1.29, 1.82) is 0 Å². The van der Waals surface area contributed by atoms with E-state index < -0.39 is 57.1 Å². The summed E-state index contributed by atoms with van der Waals surface area (Å²) in [5, 5.41) is 17.3. The van der Waals surface area contributed by atoms with E-state index in [-0.39, 0.29) is 42.2 Å². The zero-order valence-corrected chi connectivity index (χ0v) is 23.2. The number of ketones is 1. The Kier molecular flexibility index (Phi) is 8.54. The van der Waals surface area contributed by atoms with Gasteiger partial charge in [-0.1, -0.05) is 13.8 Å². The molecule has 3 heterocycles. The number of aryl methyl sites for hydroxylation is 1. The van der Waals surface area contributed by atoms with Gasteiger partial charge in [0.2, 0.25) is 5.91 Å². The van der Waals surface area contributed by atoms with Crippen LogP contribution in [-0.2, 0) is 19.6 Å². The molecule has 4 rings (SSSR count). The Bertz CT molecular complexity index is 1550. The van der Waals surface area contributed by atoms with E-state index in [1.54, 1.807) is 6.92 Å². The van der Waals surface area contributed by atoms with Crippen LogP contribution in [0.25, 0.3) is 11.0 Å². The summed E-state index contributed by atoms with van der Waals surface area (Å²) in [6.45, 7) is 4.83. The average Bonchev–Trinajstić information content (AvgIpc) is 3.09. The normalized spacial score (nSPS) is 17.5. The lowest BCUT2D eigenvalue weighted by Crippen LogP contribution is -2.53. The van der Waals surface area contributed by atoms with Crippen molar-refractivity contribution in [1.82, 2.24) is 14.9 Å². The summed E-state index contributed by atoms with van der Waals surface area (Å²) in [5.41, 5.74) is 0.754. The standard InChI is InChI=1S/C27H31FN4O7S/c1-16(2)13-21(30-27(35)25-17(3)19-14-18(28)9-10-23(19)39-25)26(34)29-20-7-6-11-31(15-22(20)33)40(37,38)24-8-4-5-12-32(24)36/h4-5,8-10,12,14,16,20-21H,6-7,11,13,15H2,1-3H3,(H,29,34)(H,30,35)/t20-,21+/m0/s1. The first kappa shape index (κ1) is 29.2. The van der Waals surface area contributed by atoms with Crippen LogP contribution in [-0.4, -0.2) is 55.5 Å². The number of amides is 2. The molecule has 0 unspecified atom stereocenters. The topological polar surface area (TPSA) is 153 Å². The van der Waals surface area contributed by atoms with Crippen LogP contribution in [0.5, 0.6) is 0 Å². The van der Waals surface area contributed by atoms with E-state index >= 15 is 0 Å². The maximum Gasteiger partial charge on any atom is 0.323 e. The molecule has 1 aromatic carbocycles. The molecule has 2 aromatic heterocycles. The first-order valence-corrected chi connectivity index (χ1v) is 14.3. The van der Waals surface area contributed by atoms with Crippen molar-refractivity contribution in [3.63, 3.8) is 0 Å². The van der Waals surface area contributed by atoms with Crippen molar-refractivity contribution in [3.8, 4) is 0 Å². The lowest BCUT2D eigenvalue weighted by Gasteiger charge is -2.23. The van der Waals surface area contributed by atoms with Gasteiger partial charge < -0.3 is 20.3 Å². The average molecular weight is 575 g/mol. The molecule has 13 heteroatoms. The van der Waals surface area contributed by atoms with Crippen LogP contribution in [0.15, 0.2) is 52.0 Å². The van der Waals surface area contributed by atoms with Crippen molar-refractivity contribution in [2.24, 2.45) is 5.92 Å². The maximum atomic E-state index is 13.7. The van der Waals surface area contributed by atoms with Gasteiger partial charge in [0.1, 0.15) is 17.4 Å². The minimum Gasteiger partial charge on any atom is -0.618 e. The number of Topliss-reactive ketones (excluding diaryl/α,β-unsaturated/α-hetero) is 1. The zero-order valence-electron chi connectivity index (χ0n) is 22.3. The Labute approximate surface area is 231 Å². The highest BCUT2D eigenvalue weighted by Gasteiger charge is 2.37. The van der Waals surface area contributed by atoms with Gasteiger partial charge in [0.25, 0.3) is 5.91 Å². The van der Waals surface area contributed by atoms with Gasteiger partial charge >= 0.3 is 15.0 Å². The molecular formula is C27H31FN4O7S. The van der Waals surface area contributed by atoms with Gasteiger partial charge in [-0.3, -0.25) is 14.4 Å². The first-order chi connectivity index (χ1) is 18.9. The summed E-state index contributed by atoms with van der Waals surface area (Å²) in [7, 11) is -4.24. The molecule has 1 saturated heterocycles. The summed E-state index contributed by atoms with van der Waals surface area (Å²) in [6, 6.07) is 5.88. The van der Waals surface area contributed by atoms with Gasteiger partial charge in [-0.25, -0.2) is 12.8 Å². The molecule has 0 saturated carbocycles. The summed E-state index contributed by atoms with van der Waals surface area (Å²) < 4.78 is 46.5. The highest BCUT2D eigenvalue weighted by atomic mass is 32.2. The fraction of sp³-hybridized carbons (Fsp3) is 0.407. The van der Waals surface area contributed by atoms with Gasteiger partial charge in [-0.15, -0.1) is 0 Å². The number of fused-ring (bicyclic) bond motifs is 1. The molecule has 1 aliphatic heterocycles. The Morgan fingerprint density at radius 1 is 1.25 bits per heavy atom. The number of nitrogens with zero attached hydrogens (tertiary/aromatic N) is 2. The van der Waals surface area contributed by atoms with E-state index in [0.717, 1.165) is 16.6 Å². The smallest absolute Gasteiger partial charge is 0.323 e. The molecule has 40 heavy (non-hydrogen) atoms. The highest BCUT2D eigenvalue weighted by molar-refractivity contribution is 7.89. The van der Waals surface area contributed by atoms with E-state index in [1.165, 1.54) is 30.3 Å². The molecule has 3 aromatic rings. The van der Waals surface area contributed by atoms with Crippen LogP contribution >= 0.6 is 0 Å².